The Labute approximate surface area is 497 Å². The van der Waals surface area contributed by atoms with Gasteiger partial charge < -0.3 is 14.2 Å². The molecule has 0 saturated heterocycles. The first kappa shape index (κ1) is 76.9. The van der Waals surface area contributed by atoms with Crippen molar-refractivity contribution in [3.8, 4) is 0 Å². The molecule has 0 saturated carbocycles. The van der Waals surface area contributed by atoms with E-state index in [0.717, 1.165) is 96.3 Å². The van der Waals surface area contributed by atoms with Crippen molar-refractivity contribution in [1.29, 1.82) is 0 Å². The molecule has 6 heteroatoms. The van der Waals surface area contributed by atoms with Crippen molar-refractivity contribution in [3.05, 3.63) is 72.9 Å². The summed E-state index contributed by atoms with van der Waals surface area (Å²) in [7, 11) is 0. The minimum Gasteiger partial charge on any atom is -0.462 e. The minimum absolute atomic E-state index is 0.0755. The summed E-state index contributed by atoms with van der Waals surface area (Å²) in [5.74, 6) is -0.863. The molecule has 0 radical (unpaired) electrons. The van der Waals surface area contributed by atoms with E-state index in [1.165, 1.54) is 225 Å². The zero-order valence-corrected chi connectivity index (χ0v) is 53.3. The van der Waals surface area contributed by atoms with Crippen LogP contribution in [0.2, 0.25) is 0 Å². The maximum atomic E-state index is 13.0. The van der Waals surface area contributed by atoms with Crippen LogP contribution >= 0.6 is 0 Å². The van der Waals surface area contributed by atoms with Gasteiger partial charge in [-0.25, -0.2) is 0 Å². The molecule has 0 aliphatic carbocycles. The van der Waals surface area contributed by atoms with Crippen molar-refractivity contribution in [2.45, 2.75) is 367 Å². The molecule has 0 aromatic rings. The van der Waals surface area contributed by atoms with Gasteiger partial charge >= 0.3 is 17.9 Å². The van der Waals surface area contributed by atoms with Gasteiger partial charge in [0.25, 0.3) is 0 Å². The van der Waals surface area contributed by atoms with Crippen LogP contribution in [-0.4, -0.2) is 37.2 Å². The Bertz CT molecular complexity index is 1470. The van der Waals surface area contributed by atoms with Gasteiger partial charge in [0.15, 0.2) is 6.10 Å². The first-order valence-corrected chi connectivity index (χ1v) is 34.9. The Kier molecular flexibility index (Phi) is 65.7. The summed E-state index contributed by atoms with van der Waals surface area (Å²) in [6, 6.07) is 0. The molecule has 1 unspecified atom stereocenters. The third kappa shape index (κ3) is 65.7. The number of carbonyl (C=O) groups is 3. The van der Waals surface area contributed by atoms with E-state index in [4.69, 9.17) is 14.2 Å². The largest absolute Gasteiger partial charge is 0.462 e. The number of carbonyl (C=O) groups excluding carboxylic acids is 3. The van der Waals surface area contributed by atoms with Gasteiger partial charge in [-0.15, -0.1) is 0 Å². The highest BCUT2D eigenvalue weighted by Crippen LogP contribution is 2.18. The number of allylic oxidation sites excluding steroid dienone is 12. The molecular formula is C74H132O6. The number of hydrogen-bond donors (Lipinski definition) is 0. The monoisotopic (exact) mass is 1120 g/mol. The van der Waals surface area contributed by atoms with Gasteiger partial charge in [-0.1, -0.05) is 325 Å². The van der Waals surface area contributed by atoms with Crippen molar-refractivity contribution in [2.75, 3.05) is 13.2 Å². The fraction of sp³-hybridized carbons (Fsp3) is 0.797. The molecule has 0 bridgehead atoms. The average molecular weight is 1120 g/mol. The normalized spacial score (nSPS) is 12.5. The SMILES string of the molecule is CC/C=C\C/C=C\C/C=C\C/C=C\C/C=C\CCCCCCCCCCCCCC(=O)OCC(COC(=O)CCCCCCC/C=C\CCCCCCCCC)OC(=O)CCCCCCCCCCCCCCCCCCCCC. The van der Waals surface area contributed by atoms with Crippen molar-refractivity contribution in [1.82, 2.24) is 0 Å². The third-order valence-electron chi connectivity index (χ3n) is 15.4. The molecule has 0 aliphatic rings. The van der Waals surface area contributed by atoms with Crippen molar-refractivity contribution >= 4 is 17.9 Å². The quantitative estimate of drug-likeness (QED) is 0.0261. The predicted octanol–water partition coefficient (Wildman–Crippen LogP) is 24.1. The molecule has 0 spiro atoms. The zero-order chi connectivity index (χ0) is 57.8. The second kappa shape index (κ2) is 68.3. The van der Waals surface area contributed by atoms with Crippen LogP contribution in [0.1, 0.15) is 361 Å². The molecule has 0 N–H and O–H groups in total. The van der Waals surface area contributed by atoms with E-state index in [0.29, 0.717) is 19.3 Å². The van der Waals surface area contributed by atoms with Crippen LogP contribution in [0.3, 0.4) is 0 Å². The smallest absolute Gasteiger partial charge is 0.306 e. The first-order chi connectivity index (χ1) is 39.5. The van der Waals surface area contributed by atoms with Crippen LogP contribution in [0.5, 0.6) is 0 Å². The Morgan fingerprint density at radius 3 is 0.775 bits per heavy atom. The van der Waals surface area contributed by atoms with Crippen LogP contribution in [-0.2, 0) is 28.6 Å². The Balaban J connectivity index is 4.31. The fourth-order valence-corrected chi connectivity index (χ4v) is 10.2. The van der Waals surface area contributed by atoms with Crippen molar-refractivity contribution in [3.63, 3.8) is 0 Å². The van der Waals surface area contributed by atoms with E-state index in [9.17, 15) is 14.4 Å². The lowest BCUT2D eigenvalue weighted by Gasteiger charge is -2.18. The van der Waals surface area contributed by atoms with Crippen LogP contribution in [0, 0.1) is 0 Å². The van der Waals surface area contributed by atoms with Gasteiger partial charge in [0.05, 0.1) is 0 Å². The van der Waals surface area contributed by atoms with Gasteiger partial charge in [-0.05, 0) is 89.9 Å². The Morgan fingerprint density at radius 1 is 0.263 bits per heavy atom. The van der Waals surface area contributed by atoms with Crippen molar-refractivity contribution < 1.29 is 28.6 Å². The standard InChI is InChI=1S/C74H132O6/c1-4-7-10-13-16-19-22-25-28-31-33-34-35-36-37-38-39-40-42-43-46-49-52-55-58-61-64-67-73(76)79-70-71(69-78-72(75)66-63-60-57-54-51-48-45-30-27-24-21-18-15-12-9-6-3)80-74(77)68-65-62-59-56-53-50-47-44-41-32-29-26-23-20-17-14-11-8-5-2/h7,10,16,19,25,28,30,33-34,36-37,45,71H,4-6,8-9,11-15,17-18,20-24,26-27,29,31-32,35,38-44,46-70H2,1-3H3/b10-7-,19-16-,28-25-,34-33-,37-36-,45-30-. The number of unbranched alkanes of at least 4 members (excludes halogenated alkanes) is 41. The minimum atomic E-state index is -0.779. The average Bonchev–Trinajstić information content (AvgIpc) is 3.46. The summed E-state index contributed by atoms with van der Waals surface area (Å²) in [5, 5.41) is 0. The first-order valence-electron chi connectivity index (χ1n) is 34.9. The van der Waals surface area contributed by atoms with E-state index in [1.807, 2.05) is 0 Å². The lowest BCUT2D eigenvalue weighted by atomic mass is 10.0. The summed E-state index contributed by atoms with van der Waals surface area (Å²) in [6.45, 7) is 6.57. The molecule has 0 aromatic carbocycles. The molecule has 0 rings (SSSR count). The highest BCUT2D eigenvalue weighted by atomic mass is 16.6. The topological polar surface area (TPSA) is 78.9 Å². The van der Waals surface area contributed by atoms with Crippen LogP contribution < -0.4 is 0 Å². The zero-order valence-electron chi connectivity index (χ0n) is 53.3. The number of rotatable bonds is 64. The lowest BCUT2D eigenvalue weighted by Crippen LogP contribution is -2.30. The van der Waals surface area contributed by atoms with Gasteiger partial charge in [-0.2, -0.15) is 0 Å². The number of esters is 3. The highest BCUT2D eigenvalue weighted by molar-refractivity contribution is 5.71. The Hall–Kier alpha value is -3.15. The molecule has 6 nitrogen and oxygen atoms in total. The summed E-state index contributed by atoms with van der Waals surface area (Å²) >= 11 is 0. The Morgan fingerprint density at radius 2 is 0.487 bits per heavy atom. The second-order valence-electron chi connectivity index (χ2n) is 23.4. The van der Waals surface area contributed by atoms with Gasteiger partial charge in [-0.3, -0.25) is 14.4 Å². The van der Waals surface area contributed by atoms with Crippen molar-refractivity contribution in [2.24, 2.45) is 0 Å². The number of hydrogen-bond acceptors (Lipinski definition) is 6. The highest BCUT2D eigenvalue weighted by Gasteiger charge is 2.19. The number of ether oxygens (including phenoxy) is 3. The van der Waals surface area contributed by atoms with E-state index in [1.54, 1.807) is 0 Å². The molecule has 80 heavy (non-hydrogen) atoms. The summed E-state index contributed by atoms with van der Waals surface area (Å²) in [6.07, 6.45) is 89.2. The van der Waals surface area contributed by atoms with E-state index in [2.05, 4.69) is 93.7 Å². The molecule has 0 aliphatic heterocycles. The molecule has 464 valence electrons. The summed E-state index contributed by atoms with van der Waals surface area (Å²) < 4.78 is 17.0. The van der Waals surface area contributed by atoms with Crippen LogP contribution in [0.15, 0.2) is 72.9 Å². The summed E-state index contributed by atoms with van der Waals surface area (Å²) in [5.41, 5.74) is 0. The van der Waals surface area contributed by atoms with Crippen LogP contribution in [0.25, 0.3) is 0 Å². The summed E-state index contributed by atoms with van der Waals surface area (Å²) in [4.78, 5) is 38.4. The second-order valence-corrected chi connectivity index (χ2v) is 23.4. The van der Waals surface area contributed by atoms with E-state index >= 15 is 0 Å². The molecule has 0 amide bonds. The maximum absolute atomic E-state index is 13.0. The van der Waals surface area contributed by atoms with Gasteiger partial charge in [0.1, 0.15) is 13.2 Å². The van der Waals surface area contributed by atoms with E-state index in [-0.39, 0.29) is 31.1 Å². The van der Waals surface area contributed by atoms with E-state index < -0.39 is 6.10 Å². The molecular weight excluding hydrogens is 985 g/mol. The molecule has 1 atom stereocenters. The molecule has 0 heterocycles. The van der Waals surface area contributed by atoms with Gasteiger partial charge in [0, 0.05) is 19.3 Å². The molecule has 0 fully saturated rings. The lowest BCUT2D eigenvalue weighted by molar-refractivity contribution is -0.167. The van der Waals surface area contributed by atoms with Crippen LogP contribution in [0.4, 0.5) is 0 Å². The fourth-order valence-electron chi connectivity index (χ4n) is 10.2. The van der Waals surface area contributed by atoms with Gasteiger partial charge in [0.2, 0.25) is 0 Å². The predicted molar refractivity (Wildman–Crippen MR) is 348 cm³/mol. The third-order valence-corrected chi connectivity index (χ3v) is 15.4. The molecule has 0 aromatic heterocycles. The maximum Gasteiger partial charge on any atom is 0.306 e.